The largest absolute Gasteiger partial charge is 0.394 e. The Labute approximate surface area is 230 Å². The van der Waals surface area contributed by atoms with Crippen molar-refractivity contribution in [2.75, 3.05) is 13.2 Å². The standard InChI is InChI=1S/C29H57NO8/c1-3-5-7-9-11-12-13-15-17-19-25(33)30-22(23(32)18-16-14-10-8-6-4-2)21-37-29-28(36)27(35)26(34)24(20-31)38-29/h22-24,26-29,31-32,34-36H,3-21H2,1-2H3,(H,30,33). The van der Waals surface area contributed by atoms with Crippen molar-refractivity contribution >= 4 is 5.91 Å². The van der Waals surface area contributed by atoms with Crippen molar-refractivity contribution in [3.05, 3.63) is 0 Å². The molecule has 0 aromatic rings. The number of carbonyl (C=O) groups is 1. The molecule has 1 heterocycles. The van der Waals surface area contributed by atoms with Gasteiger partial charge in [-0.3, -0.25) is 4.79 Å². The fourth-order valence-electron chi connectivity index (χ4n) is 4.86. The number of hydrogen-bond acceptors (Lipinski definition) is 8. The zero-order chi connectivity index (χ0) is 28.2. The van der Waals surface area contributed by atoms with Crippen LogP contribution in [0.5, 0.6) is 0 Å². The van der Waals surface area contributed by atoms with Crippen LogP contribution in [0.1, 0.15) is 123 Å². The summed E-state index contributed by atoms with van der Waals surface area (Å²) < 4.78 is 11.1. The summed E-state index contributed by atoms with van der Waals surface area (Å²) in [4.78, 5) is 12.7. The average molecular weight is 548 g/mol. The van der Waals surface area contributed by atoms with Crippen LogP contribution in [0.3, 0.4) is 0 Å². The lowest BCUT2D eigenvalue weighted by atomic mass is 9.99. The molecular weight excluding hydrogens is 490 g/mol. The van der Waals surface area contributed by atoms with E-state index in [0.717, 1.165) is 38.5 Å². The van der Waals surface area contributed by atoms with Gasteiger partial charge in [0.2, 0.25) is 5.91 Å². The van der Waals surface area contributed by atoms with Crippen LogP contribution >= 0.6 is 0 Å². The average Bonchev–Trinajstić information content (AvgIpc) is 2.91. The second kappa shape index (κ2) is 21.9. The van der Waals surface area contributed by atoms with Crippen molar-refractivity contribution in [2.45, 2.75) is 166 Å². The van der Waals surface area contributed by atoms with Crippen LogP contribution in [-0.4, -0.2) is 87.5 Å². The predicted molar refractivity (Wildman–Crippen MR) is 147 cm³/mol. The van der Waals surface area contributed by atoms with Gasteiger partial charge in [-0.1, -0.05) is 104 Å². The molecule has 226 valence electrons. The number of unbranched alkanes of at least 4 members (excludes halogenated alkanes) is 13. The van der Waals surface area contributed by atoms with Gasteiger partial charge in [0.1, 0.15) is 24.4 Å². The summed E-state index contributed by atoms with van der Waals surface area (Å²) in [5.41, 5.74) is 0. The summed E-state index contributed by atoms with van der Waals surface area (Å²) >= 11 is 0. The summed E-state index contributed by atoms with van der Waals surface area (Å²) in [6.45, 7) is 3.69. The first-order chi connectivity index (χ1) is 18.3. The van der Waals surface area contributed by atoms with E-state index in [1.807, 2.05) is 0 Å². The van der Waals surface area contributed by atoms with Gasteiger partial charge in [-0.05, 0) is 12.8 Å². The van der Waals surface area contributed by atoms with Crippen LogP contribution in [-0.2, 0) is 14.3 Å². The molecule has 0 saturated carbocycles. The molecule has 9 heteroatoms. The highest BCUT2D eigenvalue weighted by Crippen LogP contribution is 2.22. The maximum atomic E-state index is 12.7. The van der Waals surface area contributed by atoms with E-state index in [1.54, 1.807) is 0 Å². The van der Waals surface area contributed by atoms with Gasteiger partial charge < -0.3 is 40.3 Å². The monoisotopic (exact) mass is 547 g/mol. The molecule has 0 radical (unpaired) electrons. The Hall–Kier alpha value is -0.810. The second-order valence-electron chi connectivity index (χ2n) is 10.9. The van der Waals surface area contributed by atoms with Crippen LogP contribution in [0, 0.1) is 0 Å². The third-order valence-corrected chi connectivity index (χ3v) is 7.46. The lowest BCUT2D eigenvalue weighted by Gasteiger charge is -2.40. The Balaban J connectivity index is 2.53. The minimum Gasteiger partial charge on any atom is -0.394 e. The van der Waals surface area contributed by atoms with Crippen molar-refractivity contribution in [2.24, 2.45) is 0 Å². The molecule has 0 aliphatic carbocycles. The normalized spacial score (nSPS) is 25.3. The Bertz CT molecular complexity index is 579. The van der Waals surface area contributed by atoms with Crippen LogP contribution in [0.2, 0.25) is 0 Å². The molecule has 9 nitrogen and oxygen atoms in total. The summed E-state index contributed by atoms with van der Waals surface area (Å²) in [6, 6.07) is -0.705. The highest BCUT2D eigenvalue weighted by Gasteiger charge is 2.44. The molecule has 7 unspecified atom stereocenters. The van der Waals surface area contributed by atoms with Gasteiger partial charge >= 0.3 is 0 Å². The number of rotatable bonds is 23. The van der Waals surface area contributed by atoms with Crippen LogP contribution in [0.25, 0.3) is 0 Å². The van der Waals surface area contributed by atoms with Crippen LogP contribution in [0.15, 0.2) is 0 Å². The first-order valence-electron chi connectivity index (χ1n) is 15.2. The van der Waals surface area contributed by atoms with E-state index in [4.69, 9.17) is 9.47 Å². The van der Waals surface area contributed by atoms with Gasteiger partial charge in [0.25, 0.3) is 0 Å². The van der Waals surface area contributed by atoms with Crippen LogP contribution in [0.4, 0.5) is 0 Å². The van der Waals surface area contributed by atoms with E-state index >= 15 is 0 Å². The molecule has 0 aromatic carbocycles. The molecule has 1 amide bonds. The molecule has 1 fully saturated rings. The molecule has 1 aliphatic heterocycles. The number of hydrogen-bond donors (Lipinski definition) is 6. The van der Waals surface area contributed by atoms with E-state index in [9.17, 15) is 30.3 Å². The minimum absolute atomic E-state index is 0.136. The third-order valence-electron chi connectivity index (χ3n) is 7.46. The number of nitrogens with one attached hydrogen (secondary N) is 1. The minimum atomic E-state index is -1.54. The fourth-order valence-corrected chi connectivity index (χ4v) is 4.86. The summed E-state index contributed by atoms with van der Waals surface area (Å²) in [7, 11) is 0. The van der Waals surface area contributed by atoms with E-state index in [-0.39, 0.29) is 12.5 Å². The van der Waals surface area contributed by atoms with E-state index in [1.165, 1.54) is 57.8 Å². The van der Waals surface area contributed by atoms with Gasteiger partial charge in [0, 0.05) is 6.42 Å². The lowest BCUT2D eigenvalue weighted by Crippen LogP contribution is -2.60. The molecule has 1 saturated heterocycles. The van der Waals surface area contributed by atoms with Crippen molar-refractivity contribution in [1.29, 1.82) is 0 Å². The molecule has 6 N–H and O–H groups in total. The Morgan fingerprint density at radius 2 is 1.32 bits per heavy atom. The Morgan fingerprint density at radius 3 is 1.87 bits per heavy atom. The predicted octanol–water partition coefficient (Wildman–Crippen LogP) is 3.32. The first-order valence-corrected chi connectivity index (χ1v) is 15.2. The van der Waals surface area contributed by atoms with Gasteiger partial charge in [0.15, 0.2) is 6.29 Å². The van der Waals surface area contributed by atoms with Gasteiger partial charge in [-0.25, -0.2) is 0 Å². The Kier molecular flexibility index (Phi) is 20.3. The number of amides is 1. The van der Waals surface area contributed by atoms with E-state index in [0.29, 0.717) is 12.8 Å². The number of aliphatic hydroxyl groups is 5. The maximum absolute atomic E-state index is 12.7. The number of aliphatic hydroxyl groups excluding tert-OH is 5. The smallest absolute Gasteiger partial charge is 0.220 e. The zero-order valence-corrected chi connectivity index (χ0v) is 23.9. The van der Waals surface area contributed by atoms with Gasteiger partial charge in [-0.2, -0.15) is 0 Å². The molecule has 38 heavy (non-hydrogen) atoms. The highest BCUT2D eigenvalue weighted by molar-refractivity contribution is 5.76. The quantitative estimate of drug-likeness (QED) is 0.107. The van der Waals surface area contributed by atoms with E-state index < -0.39 is 49.5 Å². The lowest BCUT2D eigenvalue weighted by molar-refractivity contribution is -0.302. The Morgan fingerprint density at radius 1 is 0.789 bits per heavy atom. The van der Waals surface area contributed by atoms with E-state index in [2.05, 4.69) is 19.2 Å². The summed E-state index contributed by atoms with van der Waals surface area (Å²) in [6.07, 6.45) is 10.1. The molecule has 1 rings (SSSR count). The molecule has 0 spiro atoms. The van der Waals surface area contributed by atoms with Crippen molar-refractivity contribution in [3.63, 3.8) is 0 Å². The van der Waals surface area contributed by atoms with Crippen LogP contribution < -0.4 is 5.32 Å². The van der Waals surface area contributed by atoms with Crippen molar-refractivity contribution in [1.82, 2.24) is 5.32 Å². The topological polar surface area (TPSA) is 149 Å². The highest BCUT2D eigenvalue weighted by atomic mass is 16.7. The molecule has 1 aliphatic rings. The maximum Gasteiger partial charge on any atom is 0.220 e. The number of carbonyl (C=O) groups excluding carboxylic acids is 1. The second-order valence-corrected chi connectivity index (χ2v) is 10.9. The molecule has 0 aromatic heterocycles. The number of ether oxygens (including phenoxy) is 2. The third kappa shape index (κ3) is 14.5. The molecule has 7 atom stereocenters. The molecule has 0 bridgehead atoms. The van der Waals surface area contributed by atoms with Crippen molar-refractivity contribution in [3.8, 4) is 0 Å². The van der Waals surface area contributed by atoms with Crippen molar-refractivity contribution < 1.29 is 39.8 Å². The SMILES string of the molecule is CCCCCCCCCCCC(=O)NC(COC1OC(CO)C(O)C(O)C1O)C(O)CCCCCCCC. The molecular formula is C29H57NO8. The van der Waals surface area contributed by atoms with Gasteiger partial charge in [0.05, 0.1) is 25.4 Å². The zero-order valence-electron chi connectivity index (χ0n) is 23.9. The summed E-state index contributed by atoms with van der Waals surface area (Å²) in [5, 5.41) is 53.4. The first kappa shape index (κ1) is 35.2. The fraction of sp³-hybridized carbons (Fsp3) is 0.966. The summed E-state index contributed by atoms with van der Waals surface area (Å²) in [5.74, 6) is -0.155. The van der Waals surface area contributed by atoms with Gasteiger partial charge in [-0.15, -0.1) is 0 Å².